The molecule has 1 aromatic heterocycles. The van der Waals surface area contributed by atoms with E-state index in [1.807, 2.05) is 30.5 Å². The molecule has 0 fully saturated rings. The van der Waals surface area contributed by atoms with Crippen LogP contribution in [0.3, 0.4) is 0 Å². The molecule has 0 aliphatic carbocycles. The average molecular weight is 247 g/mol. The molecular weight excluding hydrogens is 234 g/mol. The molecule has 0 saturated carbocycles. The summed E-state index contributed by atoms with van der Waals surface area (Å²) >= 11 is 1.55. The number of aliphatic hydroxyl groups excluding tert-OH is 1. The molecule has 0 bridgehead atoms. The quantitative estimate of drug-likeness (QED) is 0.842. The van der Waals surface area contributed by atoms with Crippen LogP contribution in [0.4, 0.5) is 0 Å². The zero-order valence-electron chi connectivity index (χ0n) is 9.46. The Kier molecular flexibility index (Phi) is 2.61. The van der Waals surface area contributed by atoms with Crippen LogP contribution in [-0.4, -0.2) is 10.1 Å². The zero-order chi connectivity index (χ0) is 11.8. The lowest BCUT2D eigenvalue weighted by atomic mass is 9.96. The SMILES string of the molecule is Cc1ccc2c(c1)[C@H](O)CC(c1cscn1)O2. The van der Waals surface area contributed by atoms with Gasteiger partial charge >= 0.3 is 0 Å². The molecule has 17 heavy (non-hydrogen) atoms. The van der Waals surface area contributed by atoms with Gasteiger partial charge in [-0.2, -0.15) is 0 Å². The van der Waals surface area contributed by atoms with E-state index in [2.05, 4.69) is 4.98 Å². The van der Waals surface area contributed by atoms with E-state index in [-0.39, 0.29) is 6.10 Å². The van der Waals surface area contributed by atoms with Crippen LogP contribution >= 0.6 is 11.3 Å². The van der Waals surface area contributed by atoms with E-state index in [0.29, 0.717) is 6.42 Å². The van der Waals surface area contributed by atoms with Crippen LogP contribution in [0.2, 0.25) is 0 Å². The predicted molar refractivity (Wildman–Crippen MR) is 66.2 cm³/mol. The average Bonchev–Trinajstić information content (AvgIpc) is 2.83. The molecule has 1 aromatic carbocycles. The molecule has 1 unspecified atom stereocenters. The summed E-state index contributed by atoms with van der Waals surface area (Å²) in [6.45, 7) is 2.01. The van der Waals surface area contributed by atoms with Crippen LogP contribution < -0.4 is 4.74 Å². The monoisotopic (exact) mass is 247 g/mol. The minimum absolute atomic E-state index is 0.133. The fourth-order valence-electron chi connectivity index (χ4n) is 2.13. The van der Waals surface area contributed by atoms with Gasteiger partial charge in [0, 0.05) is 17.4 Å². The number of aromatic nitrogens is 1. The van der Waals surface area contributed by atoms with Crippen molar-refractivity contribution in [1.29, 1.82) is 0 Å². The fraction of sp³-hybridized carbons (Fsp3) is 0.308. The zero-order valence-corrected chi connectivity index (χ0v) is 10.3. The Morgan fingerprint density at radius 3 is 3.12 bits per heavy atom. The van der Waals surface area contributed by atoms with Gasteiger partial charge in [0.05, 0.1) is 17.3 Å². The number of ether oxygens (including phenoxy) is 1. The van der Waals surface area contributed by atoms with Crippen molar-refractivity contribution < 1.29 is 9.84 Å². The number of aliphatic hydroxyl groups is 1. The highest BCUT2D eigenvalue weighted by atomic mass is 32.1. The Balaban J connectivity index is 1.96. The first kappa shape index (κ1) is 10.7. The second-order valence-corrected chi connectivity index (χ2v) is 5.03. The van der Waals surface area contributed by atoms with Crippen molar-refractivity contribution in [2.45, 2.75) is 25.6 Å². The maximum atomic E-state index is 10.2. The van der Waals surface area contributed by atoms with Gasteiger partial charge in [0.15, 0.2) is 0 Å². The summed E-state index contributed by atoms with van der Waals surface area (Å²) in [4.78, 5) is 4.25. The first-order valence-corrected chi connectivity index (χ1v) is 6.51. The Bertz CT molecular complexity index is 524. The number of rotatable bonds is 1. The highest BCUT2D eigenvalue weighted by Gasteiger charge is 2.28. The molecule has 0 saturated heterocycles. The molecule has 0 spiro atoms. The van der Waals surface area contributed by atoms with Gasteiger partial charge < -0.3 is 9.84 Å². The summed E-state index contributed by atoms with van der Waals surface area (Å²) in [6.07, 6.45) is -0.0305. The summed E-state index contributed by atoms with van der Waals surface area (Å²) in [7, 11) is 0. The van der Waals surface area contributed by atoms with E-state index >= 15 is 0 Å². The van der Waals surface area contributed by atoms with E-state index < -0.39 is 6.10 Å². The molecule has 1 aliphatic rings. The number of nitrogens with zero attached hydrogens (tertiary/aromatic N) is 1. The Morgan fingerprint density at radius 1 is 1.47 bits per heavy atom. The molecule has 1 aliphatic heterocycles. The van der Waals surface area contributed by atoms with Gasteiger partial charge in [0.25, 0.3) is 0 Å². The molecule has 2 heterocycles. The van der Waals surface area contributed by atoms with Gasteiger partial charge in [-0.3, -0.25) is 0 Å². The van der Waals surface area contributed by atoms with Crippen molar-refractivity contribution in [1.82, 2.24) is 4.98 Å². The molecule has 2 atom stereocenters. The maximum absolute atomic E-state index is 10.2. The largest absolute Gasteiger partial charge is 0.484 e. The smallest absolute Gasteiger partial charge is 0.144 e. The summed E-state index contributed by atoms with van der Waals surface area (Å²) < 4.78 is 5.89. The lowest BCUT2D eigenvalue weighted by Gasteiger charge is -2.28. The number of hydrogen-bond donors (Lipinski definition) is 1. The number of hydrogen-bond acceptors (Lipinski definition) is 4. The Labute approximate surface area is 104 Å². The van der Waals surface area contributed by atoms with E-state index in [9.17, 15) is 5.11 Å². The molecule has 3 nitrogen and oxygen atoms in total. The summed E-state index contributed by atoms with van der Waals surface area (Å²) in [6, 6.07) is 5.90. The number of benzene rings is 1. The van der Waals surface area contributed by atoms with Crippen LogP contribution in [0.1, 0.15) is 35.4 Å². The second-order valence-electron chi connectivity index (χ2n) is 4.31. The first-order chi connectivity index (χ1) is 8.24. The van der Waals surface area contributed by atoms with Crippen LogP contribution in [0.15, 0.2) is 29.1 Å². The summed E-state index contributed by atoms with van der Waals surface area (Å²) in [5.41, 5.74) is 4.71. The summed E-state index contributed by atoms with van der Waals surface area (Å²) in [5, 5.41) is 12.1. The minimum Gasteiger partial charge on any atom is -0.484 e. The highest BCUT2D eigenvalue weighted by molar-refractivity contribution is 7.07. The van der Waals surface area contributed by atoms with E-state index in [1.54, 1.807) is 16.8 Å². The van der Waals surface area contributed by atoms with Gasteiger partial charge in [0.1, 0.15) is 11.9 Å². The molecule has 88 valence electrons. The Morgan fingerprint density at radius 2 is 2.35 bits per heavy atom. The Hall–Kier alpha value is -1.39. The van der Waals surface area contributed by atoms with Crippen LogP contribution in [0, 0.1) is 6.92 Å². The van der Waals surface area contributed by atoms with E-state index in [4.69, 9.17) is 4.74 Å². The lowest BCUT2D eigenvalue weighted by molar-refractivity contribution is 0.0639. The molecule has 2 aromatic rings. The van der Waals surface area contributed by atoms with E-state index in [1.165, 1.54) is 0 Å². The lowest BCUT2D eigenvalue weighted by Crippen LogP contribution is -2.19. The number of thiazole rings is 1. The standard InChI is InChI=1S/C13H13NO2S/c1-8-2-3-12-9(4-8)11(15)5-13(16-12)10-6-17-7-14-10/h2-4,6-7,11,13,15H,5H2,1H3/t11-,13?/m1/s1. The van der Waals surface area contributed by atoms with Crippen LogP contribution in [0.25, 0.3) is 0 Å². The van der Waals surface area contributed by atoms with Gasteiger partial charge in [-0.05, 0) is 19.1 Å². The van der Waals surface area contributed by atoms with Crippen molar-refractivity contribution in [3.63, 3.8) is 0 Å². The van der Waals surface area contributed by atoms with Crippen LogP contribution in [0.5, 0.6) is 5.75 Å². The van der Waals surface area contributed by atoms with Gasteiger partial charge in [-0.1, -0.05) is 11.6 Å². The molecule has 1 N–H and O–H groups in total. The maximum Gasteiger partial charge on any atom is 0.144 e. The number of aryl methyl sites for hydroxylation is 1. The molecule has 0 amide bonds. The first-order valence-electron chi connectivity index (χ1n) is 5.57. The molecule has 4 heteroatoms. The topological polar surface area (TPSA) is 42.4 Å². The third-order valence-electron chi connectivity index (χ3n) is 3.01. The molecule has 3 rings (SSSR count). The van der Waals surface area contributed by atoms with E-state index in [0.717, 1.165) is 22.6 Å². The third kappa shape index (κ3) is 1.94. The summed E-state index contributed by atoms with van der Waals surface area (Å²) in [5.74, 6) is 0.771. The predicted octanol–water partition coefficient (Wildman–Crippen LogP) is 3.01. The third-order valence-corrected chi connectivity index (χ3v) is 3.62. The van der Waals surface area contributed by atoms with Crippen molar-refractivity contribution in [2.75, 3.05) is 0 Å². The highest BCUT2D eigenvalue weighted by Crippen LogP contribution is 2.40. The van der Waals surface area contributed by atoms with Gasteiger partial charge in [-0.15, -0.1) is 11.3 Å². The second kappa shape index (κ2) is 4.13. The normalized spacial score (nSPS) is 22.9. The fourth-order valence-corrected chi connectivity index (χ4v) is 2.72. The van der Waals surface area contributed by atoms with Crippen molar-refractivity contribution in [3.05, 3.63) is 45.9 Å². The molecular formula is C13H13NO2S. The van der Waals surface area contributed by atoms with Crippen molar-refractivity contribution in [2.24, 2.45) is 0 Å². The van der Waals surface area contributed by atoms with Crippen molar-refractivity contribution >= 4 is 11.3 Å². The minimum atomic E-state index is -0.467. The van der Waals surface area contributed by atoms with Crippen LogP contribution in [-0.2, 0) is 0 Å². The van der Waals surface area contributed by atoms with Gasteiger partial charge in [0.2, 0.25) is 0 Å². The number of fused-ring (bicyclic) bond motifs is 1. The molecule has 0 radical (unpaired) electrons. The van der Waals surface area contributed by atoms with Crippen molar-refractivity contribution in [3.8, 4) is 5.75 Å². The van der Waals surface area contributed by atoms with Gasteiger partial charge in [-0.25, -0.2) is 4.98 Å².